The predicted molar refractivity (Wildman–Crippen MR) is 72.6 cm³/mol. The zero-order valence-corrected chi connectivity index (χ0v) is 11.4. The molecular formula is C15H30O. The van der Waals surface area contributed by atoms with E-state index in [0.717, 1.165) is 18.8 Å². The molecule has 0 aromatic heterocycles. The summed E-state index contributed by atoms with van der Waals surface area (Å²) in [6.45, 7) is 8.93. The highest BCUT2D eigenvalue weighted by molar-refractivity contribution is 4.81. The number of unbranched alkanes of at least 4 members (excludes halogenated alkanes) is 8. The first-order chi connectivity index (χ1) is 7.81. The minimum Gasteiger partial charge on any atom is -0.499 e. The van der Waals surface area contributed by atoms with Crippen LogP contribution in [0.1, 0.15) is 78.1 Å². The average molecular weight is 226 g/mol. The van der Waals surface area contributed by atoms with Gasteiger partial charge in [0.15, 0.2) is 0 Å². The fourth-order valence-corrected chi connectivity index (χ4v) is 1.91. The quantitative estimate of drug-likeness (QED) is 0.317. The van der Waals surface area contributed by atoms with Crippen LogP contribution in [-0.4, -0.2) is 6.61 Å². The molecule has 16 heavy (non-hydrogen) atoms. The first kappa shape index (κ1) is 15.5. The van der Waals surface area contributed by atoms with E-state index in [-0.39, 0.29) is 0 Å². The molecule has 0 amide bonds. The van der Waals surface area contributed by atoms with Crippen molar-refractivity contribution in [3.63, 3.8) is 0 Å². The van der Waals surface area contributed by atoms with Gasteiger partial charge in [-0.05, 0) is 13.3 Å². The molecule has 0 saturated heterocycles. The van der Waals surface area contributed by atoms with Gasteiger partial charge in [-0.15, -0.1) is 0 Å². The maximum Gasteiger partial charge on any atom is 0.0888 e. The summed E-state index contributed by atoms with van der Waals surface area (Å²) in [6.07, 6.45) is 13.4. The van der Waals surface area contributed by atoms with E-state index >= 15 is 0 Å². The molecule has 0 bridgehead atoms. The highest BCUT2D eigenvalue weighted by atomic mass is 16.5. The molecule has 0 saturated carbocycles. The summed E-state index contributed by atoms with van der Waals surface area (Å²) in [4.78, 5) is 0. The molecular weight excluding hydrogens is 196 g/mol. The third-order valence-corrected chi connectivity index (χ3v) is 2.91. The van der Waals surface area contributed by atoms with E-state index in [9.17, 15) is 0 Å². The highest BCUT2D eigenvalue weighted by Crippen LogP contribution is 2.12. The van der Waals surface area contributed by atoms with Gasteiger partial charge >= 0.3 is 0 Å². The van der Waals surface area contributed by atoms with Crippen molar-refractivity contribution >= 4 is 0 Å². The van der Waals surface area contributed by atoms with E-state index in [1.165, 1.54) is 57.8 Å². The Bertz CT molecular complexity index is 152. The van der Waals surface area contributed by atoms with Gasteiger partial charge in [-0.25, -0.2) is 0 Å². The first-order valence-electron chi connectivity index (χ1n) is 7.11. The SMILES string of the molecule is C=C(CCCCCCCCCCC)OCC. The van der Waals surface area contributed by atoms with Gasteiger partial charge in [-0.3, -0.25) is 0 Å². The van der Waals surface area contributed by atoms with Gasteiger partial charge in [0.1, 0.15) is 0 Å². The third-order valence-electron chi connectivity index (χ3n) is 2.91. The molecule has 0 N–H and O–H groups in total. The lowest BCUT2D eigenvalue weighted by molar-refractivity contribution is 0.218. The van der Waals surface area contributed by atoms with E-state index < -0.39 is 0 Å². The normalized spacial score (nSPS) is 10.4. The van der Waals surface area contributed by atoms with Crippen LogP contribution in [-0.2, 0) is 4.74 Å². The van der Waals surface area contributed by atoms with Crippen molar-refractivity contribution in [3.8, 4) is 0 Å². The number of allylic oxidation sites excluding steroid dienone is 1. The third kappa shape index (κ3) is 11.6. The smallest absolute Gasteiger partial charge is 0.0888 e. The van der Waals surface area contributed by atoms with Crippen molar-refractivity contribution in [1.82, 2.24) is 0 Å². The average Bonchev–Trinajstić information content (AvgIpc) is 2.27. The first-order valence-corrected chi connectivity index (χ1v) is 7.11. The largest absolute Gasteiger partial charge is 0.499 e. The van der Waals surface area contributed by atoms with Crippen LogP contribution in [0.5, 0.6) is 0 Å². The van der Waals surface area contributed by atoms with Crippen LogP contribution in [0.15, 0.2) is 12.3 Å². The minimum atomic E-state index is 0.760. The van der Waals surface area contributed by atoms with Crippen molar-refractivity contribution in [2.24, 2.45) is 0 Å². The lowest BCUT2D eigenvalue weighted by Crippen LogP contribution is -1.90. The predicted octanol–water partition coefficient (Wildman–Crippen LogP) is 5.46. The monoisotopic (exact) mass is 226 g/mol. The molecule has 1 nitrogen and oxygen atoms in total. The van der Waals surface area contributed by atoms with Crippen molar-refractivity contribution in [2.75, 3.05) is 6.61 Å². The zero-order chi connectivity index (χ0) is 12.1. The topological polar surface area (TPSA) is 9.23 Å². The van der Waals surface area contributed by atoms with Gasteiger partial charge in [0.2, 0.25) is 0 Å². The highest BCUT2D eigenvalue weighted by Gasteiger charge is 1.95. The second kappa shape index (κ2) is 12.6. The maximum absolute atomic E-state index is 5.32. The summed E-state index contributed by atoms with van der Waals surface area (Å²) >= 11 is 0. The number of hydrogen-bond acceptors (Lipinski definition) is 1. The lowest BCUT2D eigenvalue weighted by atomic mass is 10.1. The summed E-state index contributed by atoms with van der Waals surface area (Å²) in [5, 5.41) is 0. The Morgan fingerprint density at radius 3 is 1.81 bits per heavy atom. The molecule has 0 aromatic carbocycles. The molecule has 0 atom stereocenters. The fourth-order valence-electron chi connectivity index (χ4n) is 1.91. The van der Waals surface area contributed by atoms with Crippen LogP contribution in [0.3, 0.4) is 0 Å². The van der Waals surface area contributed by atoms with Crippen molar-refractivity contribution < 1.29 is 4.74 Å². The summed E-state index contributed by atoms with van der Waals surface area (Å²) in [7, 11) is 0. The zero-order valence-electron chi connectivity index (χ0n) is 11.4. The van der Waals surface area contributed by atoms with Gasteiger partial charge in [-0.2, -0.15) is 0 Å². The second-order valence-corrected chi connectivity index (χ2v) is 4.55. The lowest BCUT2D eigenvalue weighted by Gasteiger charge is -2.06. The molecule has 0 aromatic rings. The van der Waals surface area contributed by atoms with E-state index in [0.29, 0.717) is 0 Å². The van der Waals surface area contributed by atoms with Crippen LogP contribution in [0.2, 0.25) is 0 Å². The summed E-state index contributed by atoms with van der Waals surface area (Å²) < 4.78 is 5.32. The van der Waals surface area contributed by atoms with Crippen molar-refractivity contribution in [2.45, 2.75) is 78.1 Å². The second-order valence-electron chi connectivity index (χ2n) is 4.55. The van der Waals surface area contributed by atoms with Crippen LogP contribution in [0, 0.1) is 0 Å². The van der Waals surface area contributed by atoms with Crippen LogP contribution in [0.25, 0.3) is 0 Å². The number of rotatable bonds is 12. The Morgan fingerprint density at radius 1 is 0.812 bits per heavy atom. The van der Waals surface area contributed by atoms with Crippen LogP contribution >= 0.6 is 0 Å². The van der Waals surface area contributed by atoms with Crippen molar-refractivity contribution in [3.05, 3.63) is 12.3 Å². The van der Waals surface area contributed by atoms with E-state index in [4.69, 9.17) is 4.74 Å². The molecule has 0 rings (SSSR count). The summed E-state index contributed by atoms with van der Waals surface area (Å²) in [5.41, 5.74) is 0. The Morgan fingerprint density at radius 2 is 1.31 bits per heavy atom. The van der Waals surface area contributed by atoms with Gasteiger partial charge in [0.05, 0.1) is 12.4 Å². The molecule has 96 valence electrons. The molecule has 0 aliphatic rings. The Kier molecular flexibility index (Phi) is 12.2. The molecule has 0 aliphatic carbocycles. The molecule has 0 unspecified atom stereocenters. The van der Waals surface area contributed by atoms with Gasteiger partial charge < -0.3 is 4.74 Å². The van der Waals surface area contributed by atoms with Crippen LogP contribution in [0.4, 0.5) is 0 Å². The van der Waals surface area contributed by atoms with E-state index in [2.05, 4.69) is 13.5 Å². The molecule has 0 heterocycles. The number of ether oxygens (including phenoxy) is 1. The number of hydrogen-bond donors (Lipinski definition) is 0. The summed E-state index contributed by atoms with van der Waals surface area (Å²) in [5.74, 6) is 0.963. The van der Waals surface area contributed by atoms with Crippen molar-refractivity contribution in [1.29, 1.82) is 0 Å². The van der Waals surface area contributed by atoms with Gasteiger partial charge in [0.25, 0.3) is 0 Å². The Labute approximate surface area is 102 Å². The van der Waals surface area contributed by atoms with E-state index in [1.807, 2.05) is 6.92 Å². The maximum atomic E-state index is 5.32. The summed E-state index contributed by atoms with van der Waals surface area (Å²) in [6, 6.07) is 0. The van der Waals surface area contributed by atoms with Gasteiger partial charge in [-0.1, -0.05) is 64.9 Å². The minimum absolute atomic E-state index is 0.760. The molecule has 0 spiro atoms. The molecule has 0 radical (unpaired) electrons. The van der Waals surface area contributed by atoms with Crippen LogP contribution < -0.4 is 0 Å². The van der Waals surface area contributed by atoms with E-state index in [1.54, 1.807) is 0 Å². The Balaban J connectivity index is 3.01. The molecule has 0 fully saturated rings. The molecule has 1 heteroatoms. The standard InChI is InChI=1S/C15H30O/c1-4-6-7-8-9-10-11-12-13-14-15(3)16-5-2/h3-14H2,1-2H3. The fraction of sp³-hybridized carbons (Fsp3) is 0.867. The van der Waals surface area contributed by atoms with Gasteiger partial charge in [0, 0.05) is 6.42 Å². The molecule has 0 aliphatic heterocycles. The Hall–Kier alpha value is -0.460.